The predicted octanol–water partition coefficient (Wildman–Crippen LogP) is 0.283. The van der Waals surface area contributed by atoms with Crippen molar-refractivity contribution in [2.24, 2.45) is 5.92 Å². The van der Waals surface area contributed by atoms with E-state index in [2.05, 4.69) is 9.97 Å². The molecular weight excluding hydrogens is 258 g/mol. The average Bonchev–Trinajstić information content (AvgIpc) is 2.82. The van der Waals surface area contributed by atoms with Crippen LogP contribution in [0.5, 0.6) is 0 Å². The number of aliphatic carboxylic acids is 1. The number of rotatable bonds is 3. The highest BCUT2D eigenvalue weighted by Crippen LogP contribution is 2.28. The Balaban J connectivity index is 2.39. The first kappa shape index (κ1) is 13.0. The molecule has 1 saturated heterocycles. The molecule has 1 aromatic rings. The Morgan fingerprint density at radius 3 is 2.89 bits per heavy atom. The molecule has 18 heavy (non-hydrogen) atoms. The number of nitrogens with zero attached hydrogens (tertiary/aromatic N) is 2. The fourth-order valence-electron chi connectivity index (χ4n) is 2.30. The van der Waals surface area contributed by atoms with Gasteiger partial charge in [-0.2, -0.15) is 4.31 Å². The van der Waals surface area contributed by atoms with Gasteiger partial charge in [0.1, 0.15) is 6.04 Å². The number of piperidine rings is 1. The third kappa shape index (κ3) is 2.13. The number of H-pyrrole nitrogens is 1. The van der Waals surface area contributed by atoms with Crippen molar-refractivity contribution in [2.75, 3.05) is 6.54 Å². The van der Waals surface area contributed by atoms with Gasteiger partial charge in [-0.3, -0.25) is 4.79 Å². The molecule has 2 rings (SSSR count). The average molecular weight is 273 g/mol. The molecule has 1 aromatic heterocycles. The topological polar surface area (TPSA) is 103 Å². The zero-order chi connectivity index (χ0) is 13.3. The van der Waals surface area contributed by atoms with Gasteiger partial charge in [0.05, 0.1) is 12.5 Å². The van der Waals surface area contributed by atoms with Crippen LogP contribution in [0.4, 0.5) is 0 Å². The maximum atomic E-state index is 12.3. The van der Waals surface area contributed by atoms with Crippen LogP contribution in [-0.4, -0.2) is 46.4 Å². The third-order valence-corrected chi connectivity index (χ3v) is 5.01. The van der Waals surface area contributed by atoms with Crippen molar-refractivity contribution in [2.45, 2.75) is 30.8 Å². The van der Waals surface area contributed by atoms with Crippen LogP contribution in [0.15, 0.2) is 17.6 Å². The van der Waals surface area contributed by atoms with Crippen molar-refractivity contribution in [1.29, 1.82) is 0 Å². The molecule has 2 unspecified atom stereocenters. The monoisotopic (exact) mass is 273 g/mol. The predicted molar refractivity (Wildman–Crippen MR) is 62.3 cm³/mol. The van der Waals surface area contributed by atoms with Crippen molar-refractivity contribution in [3.8, 4) is 0 Å². The van der Waals surface area contributed by atoms with Crippen molar-refractivity contribution in [1.82, 2.24) is 14.3 Å². The van der Waals surface area contributed by atoms with Gasteiger partial charge < -0.3 is 10.1 Å². The number of imidazole rings is 1. The number of aromatic amines is 1. The van der Waals surface area contributed by atoms with E-state index in [1.165, 1.54) is 12.5 Å². The summed E-state index contributed by atoms with van der Waals surface area (Å²) in [4.78, 5) is 17.4. The molecule has 0 aromatic carbocycles. The second-order valence-electron chi connectivity index (χ2n) is 4.43. The lowest BCUT2D eigenvalue weighted by Crippen LogP contribution is -2.51. The lowest BCUT2D eigenvalue weighted by Gasteiger charge is -2.35. The molecule has 1 aliphatic heterocycles. The van der Waals surface area contributed by atoms with Gasteiger partial charge >= 0.3 is 5.97 Å². The fraction of sp³-hybridized carbons (Fsp3) is 0.600. The van der Waals surface area contributed by atoms with E-state index < -0.39 is 22.0 Å². The van der Waals surface area contributed by atoms with Crippen LogP contribution in [0, 0.1) is 5.92 Å². The Kier molecular flexibility index (Phi) is 3.40. The Bertz CT molecular complexity index is 525. The number of carboxylic acids is 1. The molecule has 0 amide bonds. The Hall–Kier alpha value is -1.41. The van der Waals surface area contributed by atoms with E-state index in [4.69, 9.17) is 0 Å². The molecule has 1 aliphatic rings. The number of carbonyl (C=O) groups is 1. The van der Waals surface area contributed by atoms with E-state index in [-0.39, 0.29) is 17.5 Å². The fourth-order valence-corrected chi connectivity index (χ4v) is 3.91. The molecule has 7 nitrogen and oxygen atoms in total. The standard InChI is InChI=1S/C10H15N3O4S/c1-7-3-2-4-13(9(7)10(14)15)18(16,17)8-5-11-6-12-8/h5-7,9H,2-4H2,1H3,(H,11,12)(H,14,15). The molecule has 0 radical (unpaired) electrons. The van der Waals surface area contributed by atoms with Crippen LogP contribution in [0.2, 0.25) is 0 Å². The van der Waals surface area contributed by atoms with Crippen LogP contribution < -0.4 is 0 Å². The highest BCUT2D eigenvalue weighted by Gasteiger charge is 2.42. The van der Waals surface area contributed by atoms with Gasteiger partial charge in [0.2, 0.25) is 0 Å². The van der Waals surface area contributed by atoms with Crippen molar-refractivity contribution < 1.29 is 18.3 Å². The van der Waals surface area contributed by atoms with Crippen molar-refractivity contribution in [3.63, 3.8) is 0 Å². The van der Waals surface area contributed by atoms with Crippen molar-refractivity contribution >= 4 is 16.0 Å². The summed E-state index contributed by atoms with van der Waals surface area (Å²) in [7, 11) is -3.81. The van der Waals surface area contributed by atoms with E-state index in [1.54, 1.807) is 6.92 Å². The minimum atomic E-state index is -3.81. The summed E-state index contributed by atoms with van der Waals surface area (Å²) in [5, 5.41) is 9.14. The SMILES string of the molecule is CC1CCCN(S(=O)(=O)c2cnc[nH]2)C1C(=O)O. The molecular formula is C10H15N3O4S. The molecule has 0 spiro atoms. The lowest BCUT2D eigenvalue weighted by molar-refractivity contribution is -0.144. The molecule has 2 atom stereocenters. The lowest BCUT2D eigenvalue weighted by atomic mass is 9.93. The number of nitrogens with one attached hydrogen (secondary N) is 1. The number of hydrogen-bond acceptors (Lipinski definition) is 4. The Morgan fingerprint density at radius 1 is 1.61 bits per heavy atom. The van der Waals surface area contributed by atoms with Crippen LogP contribution in [0.25, 0.3) is 0 Å². The molecule has 2 N–H and O–H groups in total. The zero-order valence-corrected chi connectivity index (χ0v) is 10.7. The van der Waals surface area contributed by atoms with Crippen LogP contribution in [-0.2, 0) is 14.8 Å². The maximum Gasteiger partial charge on any atom is 0.322 e. The molecule has 100 valence electrons. The van der Waals surface area contributed by atoms with E-state index in [0.29, 0.717) is 12.8 Å². The smallest absolute Gasteiger partial charge is 0.322 e. The molecule has 8 heteroatoms. The highest BCUT2D eigenvalue weighted by atomic mass is 32.2. The summed E-state index contributed by atoms with van der Waals surface area (Å²) in [6.45, 7) is 1.98. The highest BCUT2D eigenvalue weighted by molar-refractivity contribution is 7.89. The number of carboxylic acid groups (broad SMARTS) is 1. The summed E-state index contributed by atoms with van der Waals surface area (Å²) < 4.78 is 25.7. The second kappa shape index (κ2) is 4.69. The zero-order valence-electron chi connectivity index (χ0n) is 9.91. The first-order valence-corrected chi connectivity index (χ1v) is 7.11. The van der Waals surface area contributed by atoms with E-state index in [9.17, 15) is 18.3 Å². The second-order valence-corrected chi connectivity index (χ2v) is 6.29. The molecule has 2 heterocycles. The van der Waals surface area contributed by atoms with Crippen LogP contribution in [0.3, 0.4) is 0 Å². The summed E-state index contributed by atoms with van der Waals surface area (Å²) in [5.41, 5.74) is 0. The van der Waals surface area contributed by atoms with Crippen molar-refractivity contribution in [3.05, 3.63) is 12.5 Å². The summed E-state index contributed by atoms with van der Waals surface area (Å²) in [6.07, 6.45) is 3.83. The van der Waals surface area contributed by atoms with Gasteiger partial charge in [-0.25, -0.2) is 13.4 Å². The van der Waals surface area contributed by atoms with E-state index in [1.807, 2.05) is 0 Å². The number of aromatic nitrogens is 2. The van der Waals surface area contributed by atoms with E-state index in [0.717, 1.165) is 4.31 Å². The van der Waals surface area contributed by atoms with Crippen LogP contribution in [0.1, 0.15) is 19.8 Å². The molecule has 0 saturated carbocycles. The first-order valence-electron chi connectivity index (χ1n) is 5.67. The summed E-state index contributed by atoms with van der Waals surface area (Å²) in [6, 6.07) is -1.01. The maximum absolute atomic E-state index is 12.3. The normalized spacial score (nSPS) is 26.1. The quantitative estimate of drug-likeness (QED) is 0.823. The van der Waals surface area contributed by atoms with Gasteiger partial charge in [0.15, 0.2) is 5.03 Å². The van der Waals surface area contributed by atoms with Crippen LogP contribution >= 0.6 is 0 Å². The summed E-state index contributed by atoms with van der Waals surface area (Å²) in [5.74, 6) is -1.31. The molecule has 0 aliphatic carbocycles. The molecule has 1 fully saturated rings. The van der Waals surface area contributed by atoms with Gasteiger partial charge in [-0.1, -0.05) is 6.92 Å². The van der Waals surface area contributed by atoms with Gasteiger partial charge in [0.25, 0.3) is 10.0 Å². The van der Waals surface area contributed by atoms with E-state index >= 15 is 0 Å². The van der Waals surface area contributed by atoms with Gasteiger partial charge in [0, 0.05) is 6.54 Å². The minimum absolute atomic E-state index is 0.0668. The van der Waals surface area contributed by atoms with Gasteiger partial charge in [-0.15, -0.1) is 0 Å². The Labute approximate surface area is 105 Å². The largest absolute Gasteiger partial charge is 0.480 e. The Morgan fingerprint density at radius 2 is 2.33 bits per heavy atom. The minimum Gasteiger partial charge on any atom is -0.480 e. The number of hydrogen-bond donors (Lipinski definition) is 2. The summed E-state index contributed by atoms with van der Waals surface area (Å²) >= 11 is 0. The number of sulfonamides is 1. The first-order chi connectivity index (χ1) is 8.44. The molecule has 0 bridgehead atoms. The van der Waals surface area contributed by atoms with Gasteiger partial charge in [-0.05, 0) is 18.8 Å². The third-order valence-electron chi connectivity index (χ3n) is 3.20.